The maximum absolute atomic E-state index is 12.4. The lowest BCUT2D eigenvalue weighted by atomic mass is 10.3. The van der Waals surface area contributed by atoms with Crippen LogP contribution in [0.25, 0.3) is 0 Å². The average molecular weight is 235 g/mol. The number of alkyl halides is 2. The lowest BCUT2D eigenvalue weighted by molar-refractivity contribution is 0.0642. The zero-order chi connectivity index (χ0) is 12.1. The maximum Gasteiger partial charge on any atom is 0.374 e. The first-order valence-corrected chi connectivity index (χ1v) is 4.65. The molecule has 1 heterocycles. The van der Waals surface area contributed by atoms with Crippen LogP contribution in [-0.2, 0) is 11.2 Å². The quantitative estimate of drug-likeness (QED) is 0.762. The van der Waals surface area contributed by atoms with Gasteiger partial charge in [-0.3, -0.25) is 0 Å². The topological polar surface area (TPSA) is 72.6 Å². The summed E-state index contributed by atoms with van der Waals surface area (Å²) in [6.45, 7) is 2.51. The minimum Gasteiger partial charge on any atom is -0.475 e. The van der Waals surface area contributed by atoms with Gasteiger partial charge in [-0.1, -0.05) is 0 Å². The van der Waals surface area contributed by atoms with Crippen molar-refractivity contribution in [2.24, 2.45) is 0 Å². The molecule has 0 spiro atoms. The lowest BCUT2D eigenvalue weighted by Gasteiger charge is -1.95. The van der Waals surface area contributed by atoms with Gasteiger partial charge in [0.25, 0.3) is 6.43 Å². The molecular weight excluding hydrogens is 224 g/mol. The number of aromatic carboxylic acids is 1. The number of carbonyl (C=O) groups is 1. The van der Waals surface area contributed by atoms with Crippen molar-refractivity contribution in [1.82, 2.24) is 4.98 Å². The van der Waals surface area contributed by atoms with E-state index in [0.717, 1.165) is 0 Å². The van der Waals surface area contributed by atoms with E-state index in [4.69, 9.17) is 14.3 Å². The van der Waals surface area contributed by atoms with E-state index in [2.05, 4.69) is 4.98 Å². The summed E-state index contributed by atoms with van der Waals surface area (Å²) in [6.07, 6.45) is -2.79. The number of nitrogens with zero attached hydrogens (tertiary/aromatic N) is 1. The highest BCUT2D eigenvalue weighted by atomic mass is 19.3. The van der Waals surface area contributed by atoms with Gasteiger partial charge in [0, 0.05) is 13.0 Å². The Labute approximate surface area is 90.0 Å². The Morgan fingerprint density at radius 1 is 1.62 bits per heavy atom. The van der Waals surface area contributed by atoms with Crippen molar-refractivity contribution in [2.75, 3.05) is 13.2 Å². The molecule has 0 amide bonds. The van der Waals surface area contributed by atoms with E-state index in [9.17, 15) is 13.6 Å². The number of halogens is 2. The Morgan fingerprint density at radius 2 is 2.31 bits per heavy atom. The molecule has 16 heavy (non-hydrogen) atoms. The van der Waals surface area contributed by atoms with Crippen molar-refractivity contribution in [3.63, 3.8) is 0 Å². The molecule has 0 aliphatic heterocycles. The second-order valence-electron chi connectivity index (χ2n) is 2.87. The van der Waals surface area contributed by atoms with Gasteiger partial charge in [-0.05, 0) is 6.92 Å². The average Bonchev–Trinajstić information content (AvgIpc) is 2.62. The van der Waals surface area contributed by atoms with Gasteiger partial charge in [0.2, 0.25) is 5.76 Å². The number of ether oxygens (including phenoxy) is 1. The predicted octanol–water partition coefficient (Wildman–Crippen LogP) is 1.89. The summed E-state index contributed by atoms with van der Waals surface area (Å²) < 4.78 is 34.4. The molecule has 0 aliphatic rings. The van der Waals surface area contributed by atoms with Crippen molar-refractivity contribution >= 4 is 5.97 Å². The Hall–Kier alpha value is -1.50. The molecule has 5 nitrogen and oxygen atoms in total. The second kappa shape index (κ2) is 5.55. The molecule has 0 unspecified atom stereocenters. The van der Waals surface area contributed by atoms with Crippen molar-refractivity contribution in [3.8, 4) is 0 Å². The monoisotopic (exact) mass is 235 g/mol. The summed E-state index contributed by atoms with van der Waals surface area (Å²) in [5, 5.41) is 8.60. The van der Waals surface area contributed by atoms with E-state index in [0.29, 0.717) is 6.61 Å². The van der Waals surface area contributed by atoms with Gasteiger partial charge in [0.05, 0.1) is 6.61 Å². The Balaban J connectivity index is 2.80. The predicted molar refractivity (Wildman–Crippen MR) is 48.6 cm³/mol. The largest absolute Gasteiger partial charge is 0.475 e. The highest BCUT2D eigenvalue weighted by molar-refractivity contribution is 5.85. The minimum absolute atomic E-state index is 0.0545. The molecule has 0 radical (unpaired) electrons. The highest BCUT2D eigenvalue weighted by Crippen LogP contribution is 2.23. The molecule has 0 aliphatic carbocycles. The van der Waals surface area contributed by atoms with Crippen LogP contribution in [0.2, 0.25) is 0 Å². The normalized spacial score (nSPS) is 11.0. The summed E-state index contributed by atoms with van der Waals surface area (Å²) in [5.74, 6) is -2.41. The van der Waals surface area contributed by atoms with Crippen LogP contribution in [0.15, 0.2) is 4.42 Å². The van der Waals surface area contributed by atoms with Gasteiger partial charge in [0.1, 0.15) is 0 Å². The van der Waals surface area contributed by atoms with Crippen LogP contribution in [-0.4, -0.2) is 29.3 Å². The van der Waals surface area contributed by atoms with Crippen molar-refractivity contribution in [3.05, 3.63) is 17.3 Å². The molecule has 0 atom stereocenters. The molecule has 0 saturated heterocycles. The molecule has 0 bridgehead atoms. The van der Waals surface area contributed by atoms with Crippen LogP contribution in [0, 0.1) is 0 Å². The number of carboxylic acids is 1. The summed E-state index contributed by atoms with van der Waals surface area (Å²) in [5.41, 5.74) is -0.834. The SMILES string of the molecule is CCOCCc1nc(C(F)F)c(C(=O)O)o1. The fraction of sp³-hybridized carbons (Fsp3) is 0.556. The fourth-order valence-corrected chi connectivity index (χ4v) is 1.09. The van der Waals surface area contributed by atoms with E-state index in [-0.39, 0.29) is 18.9 Å². The molecule has 1 aromatic heterocycles. The summed E-state index contributed by atoms with van der Waals surface area (Å²) in [7, 11) is 0. The van der Waals surface area contributed by atoms with Crippen molar-refractivity contribution in [1.29, 1.82) is 0 Å². The zero-order valence-corrected chi connectivity index (χ0v) is 8.57. The smallest absolute Gasteiger partial charge is 0.374 e. The van der Waals surface area contributed by atoms with E-state index in [1.165, 1.54) is 0 Å². The van der Waals surface area contributed by atoms with Gasteiger partial charge in [0.15, 0.2) is 11.6 Å². The van der Waals surface area contributed by atoms with Gasteiger partial charge < -0.3 is 14.3 Å². The van der Waals surface area contributed by atoms with Crippen LogP contribution in [0.1, 0.15) is 35.5 Å². The van der Waals surface area contributed by atoms with Crippen molar-refractivity contribution < 1.29 is 27.8 Å². The first-order valence-electron chi connectivity index (χ1n) is 4.65. The number of carboxylic acid groups (broad SMARTS) is 1. The molecular formula is C9H11F2NO4. The molecule has 0 saturated carbocycles. The second-order valence-corrected chi connectivity index (χ2v) is 2.87. The van der Waals surface area contributed by atoms with Crippen LogP contribution >= 0.6 is 0 Å². The number of aromatic nitrogens is 1. The first-order chi connectivity index (χ1) is 7.56. The minimum atomic E-state index is -2.96. The van der Waals surface area contributed by atoms with E-state index in [1.807, 2.05) is 0 Å². The van der Waals surface area contributed by atoms with Gasteiger partial charge in [-0.15, -0.1) is 0 Å². The Kier molecular flexibility index (Phi) is 4.36. The third-order valence-corrected chi connectivity index (χ3v) is 1.76. The first kappa shape index (κ1) is 12.6. The maximum atomic E-state index is 12.4. The Morgan fingerprint density at radius 3 is 2.75 bits per heavy atom. The fourth-order valence-electron chi connectivity index (χ4n) is 1.09. The van der Waals surface area contributed by atoms with Crippen LogP contribution < -0.4 is 0 Å². The van der Waals surface area contributed by atoms with Gasteiger partial charge in [-0.25, -0.2) is 18.6 Å². The third-order valence-electron chi connectivity index (χ3n) is 1.76. The van der Waals surface area contributed by atoms with E-state index >= 15 is 0 Å². The van der Waals surface area contributed by atoms with Gasteiger partial charge >= 0.3 is 5.97 Å². The summed E-state index contributed by atoms with van der Waals surface area (Å²) in [6, 6.07) is 0. The van der Waals surface area contributed by atoms with E-state index < -0.39 is 23.8 Å². The number of rotatable bonds is 6. The molecule has 1 aromatic rings. The summed E-state index contributed by atoms with van der Waals surface area (Å²) in [4.78, 5) is 14.0. The third kappa shape index (κ3) is 2.99. The standard InChI is InChI=1S/C9H11F2NO4/c1-2-15-4-3-5-12-6(8(10)11)7(16-5)9(13)14/h8H,2-4H2,1H3,(H,13,14). The molecule has 1 N–H and O–H groups in total. The highest BCUT2D eigenvalue weighted by Gasteiger charge is 2.25. The van der Waals surface area contributed by atoms with Crippen LogP contribution in [0.4, 0.5) is 8.78 Å². The molecule has 90 valence electrons. The molecule has 0 fully saturated rings. The van der Waals surface area contributed by atoms with Crippen molar-refractivity contribution in [2.45, 2.75) is 19.8 Å². The molecule has 1 rings (SSSR count). The number of hydrogen-bond acceptors (Lipinski definition) is 4. The van der Waals surface area contributed by atoms with Crippen LogP contribution in [0.3, 0.4) is 0 Å². The number of hydrogen-bond donors (Lipinski definition) is 1. The Bertz CT molecular complexity index is 364. The van der Waals surface area contributed by atoms with E-state index in [1.54, 1.807) is 6.92 Å². The van der Waals surface area contributed by atoms with Gasteiger partial charge in [-0.2, -0.15) is 0 Å². The number of oxazole rings is 1. The van der Waals surface area contributed by atoms with Crippen LogP contribution in [0.5, 0.6) is 0 Å². The lowest BCUT2D eigenvalue weighted by Crippen LogP contribution is -1.99. The molecule has 0 aromatic carbocycles. The molecule has 7 heteroatoms. The summed E-state index contributed by atoms with van der Waals surface area (Å²) >= 11 is 0. The zero-order valence-electron chi connectivity index (χ0n) is 8.57.